The molecule has 26 heavy (non-hydrogen) atoms. The smallest absolute Gasteiger partial charge is 0.194 e. The number of hydrogen-bond donors (Lipinski definition) is 2. The van der Waals surface area contributed by atoms with Crippen LogP contribution >= 0.6 is 35.3 Å². The maximum absolute atomic E-state index is 9.72. The number of aromatic nitrogens is 1. The fourth-order valence-corrected chi connectivity index (χ4v) is 3.75. The second-order valence-electron chi connectivity index (χ2n) is 6.38. The van der Waals surface area contributed by atoms with Crippen LogP contribution in [0, 0.1) is 6.92 Å². The van der Waals surface area contributed by atoms with Crippen molar-refractivity contribution in [2.24, 2.45) is 4.99 Å². The molecule has 1 atom stereocenters. The molecule has 1 aliphatic heterocycles. The van der Waals surface area contributed by atoms with Gasteiger partial charge in [-0.3, -0.25) is 4.99 Å². The lowest BCUT2D eigenvalue weighted by atomic mass is 10.2. The van der Waals surface area contributed by atoms with Gasteiger partial charge in [0.25, 0.3) is 0 Å². The van der Waals surface area contributed by atoms with Crippen molar-refractivity contribution in [3.8, 4) is 10.6 Å². The fraction of sp³-hybridized carbons (Fsp3) is 0.474. The summed E-state index contributed by atoms with van der Waals surface area (Å²) in [6.07, 6.45) is 1.41. The summed E-state index contributed by atoms with van der Waals surface area (Å²) in [5.74, 6) is 0.896. The van der Waals surface area contributed by atoms with Crippen molar-refractivity contribution < 1.29 is 5.11 Å². The number of hydrogen-bond acceptors (Lipinski definition) is 4. The van der Waals surface area contributed by atoms with Crippen molar-refractivity contribution in [2.45, 2.75) is 32.8 Å². The largest absolute Gasteiger partial charge is 0.391 e. The summed E-state index contributed by atoms with van der Waals surface area (Å²) >= 11 is 1.68. The van der Waals surface area contributed by atoms with Crippen molar-refractivity contribution in [3.63, 3.8) is 0 Å². The molecule has 7 heteroatoms. The zero-order valence-electron chi connectivity index (χ0n) is 15.3. The van der Waals surface area contributed by atoms with Crippen molar-refractivity contribution >= 4 is 41.3 Å². The number of rotatable bonds is 5. The number of aryl methyl sites for hydroxylation is 1. The van der Waals surface area contributed by atoms with Crippen LogP contribution in [-0.4, -0.2) is 53.2 Å². The van der Waals surface area contributed by atoms with Crippen LogP contribution in [0.3, 0.4) is 0 Å². The third kappa shape index (κ3) is 5.65. The molecule has 1 saturated heterocycles. The molecule has 2 heterocycles. The van der Waals surface area contributed by atoms with E-state index in [1.54, 1.807) is 11.3 Å². The van der Waals surface area contributed by atoms with E-state index in [4.69, 9.17) is 9.98 Å². The van der Waals surface area contributed by atoms with Gasteiger partial charge in [0.2, 0.25) is 0 Å². The van der Waals surface area contributed by atoms with Crippen LogP contribution in [0.5, 0.6) is 0 Å². The normalized spacial score (nSPS) is 17.3. The zero-order valence-corrected chi connectivity index (χ0v) is 18.5. The summed E-state index contributed by atoms with van der Waals surface area (Å²) in [5, 5.41) is 16.2. The minimum Gasteiger partial charge on any atom is -0.391 e. The molecule has 0 amide bonds. The van der Waals surface area contributed by atoms with Crippen LogP contribution < -0.4 is 5.32 Å². The average Bonchev–Trinajstić information content (AvgIpc) is 3.24. The molecule has 1 fully saturated rings. The molecule has 1 aliphatic rings. The highest BCUT2D eigenvalue weighted by atomic mass is 127. The molecule has 3 rings (SSSR count). The Hall–Kier alpha value is -1.19. The maximum atomic E-state index is 9.72. The highest BCUT2D eigenvalue weighted by Crippen LogP contribution is 2.24. The summed E-state index contributed by atoms with van der Waals surface area (Å²) < 4.78 is 0. The Morgan fingerprint density at radius 1 is 1.38 bits per heavy atom. The predicted octanol–water partition coefficient (Wildman–Crippen LogP) is 3.31. The molecule has 5 nitrogen and oxygen atoms in total. The van der Waals surface area contributed by atoms with Gasteiger partial charge in [0.05, 0.1) is 11.8 Å². The van der Waals surface area contributed by atoms with Crippen LogP contribution in [0.4, 0.5) is 0 Å². The van der Waals surface area contributed by atoms with Gasteiger partial charge in [-0.1, -0.05) is 29.8 Å². The number of β-amino-alcohol motifs (C(OH)–C–C–N with tert-alkyl or cyclic N) is 1. The number of nitrogens with zero attached hydrogens (tertiary/aromatic N) is 3. The quantitative estimate of drug-likeness (QED) is 0.387. The number of halogens is 1. The Bertz CT molecular complexity index is 717. The molecule has 0 bridgehead atoms. The Balaban J connectivity index is 0.00000243. The van der Waals surface area contributed by atoms with Gasteiger partial charge in [-0.05, 0) is 20.3 Å². The topological polar surface area (TPSA) is 60.8 Å². The summed E-state index contributed by atoms with van der Waals surface area (Å²) in [4.78, 5) is 11.6. The molecule has 142 valence electrons. The first-order chi connectivity index (χ1) is 12.2. The van der Waals surface area contributed by atoms with Crippen molar-refractivity contribution in [3.05, 3.63) is 40.9 Å². The average molecular weight is 486 g/mol. The third-order valence-corrected chi connectivity index (χ3v) is 5.22. The second-order valence-corrected chi connectivity index (χ2v) is 7.24. The number of nitrogens with one attached hydrogen (secondary N) is 1. The molecular formula is C19H27IN4OS. The van der Waals surface area contributed by atoms with Gasteiger partial charge in [0.1, 0.15) is 5.01 Å². The summed E-state index contributed by atoms with van der Waals surface area (Å²) in [5.41, 5.74) is 3.52. The molecule has 2 aromatic rings. The molecular weight excluding hydrogens is 459 g/mol. The van der Waals surface area contributed by atoms with Crippen LogP contribution in [-0.2, 0) is 6.42 Å². The summed E-state index contributed by atoms with van der Waals surface area (Å²) in [6.45, 7) is 7.22. The van der Waals surface area contributed by atoms with Gasteiger partial charge in [-0.15, -0.1) is 35.3 Å². The molecule has 0 aliphatic carbocycles. The van der Waals surface area contributed by atoms with Crippen molar-refractivity contribution in [2.75, 3.05) is 26.2 Å². The second kappa shape index (κ2) is 10.2. The first-order valence-electron chi connectivity index (χ1n) is 8.88. The Kier molecular flexibility index (Phi) is 8.30. The van der Waals surface area contributed by atoms with E-state index in [0.29, 0.717) is 13.1 Å². The monoisotopic (exact) mass is 486 g/mol. The van der Waals surface area contributed by atoms with Crippen LogP contribution in [0.2, 0.25) is 0 Å². The Morgan fingerprint density at radius 3 is 2.81 bits per heavy atom. The fourth-order valence-electron chi connectivity index (χ4n) is 2.89. The van der Waals surface area contributed by atoms with E-state index in [2.05, 4.69) is 53.7 Å². The Morgan fingerprint density at radius 2 is 2.15 bits per heavy atom. The van der Waals surface area contributed by atoms with Gasteiger partial charge >= 0.3 is 0 Å². The number of likely N-dealkylation sites (tertiary alicyclic amines) is 1. The van der Waals surface area contributed by atoms with E-state index < -0.39 is 0 Å². The van der Waals surface area contributed by atoms with E-state index in [0.717, 1.165) is 42.6 Å². The lowest BCUT2D eigenvalue weighted by Crippen LogP contribution is -2.40. The van der Waals surface area contributed by atoms with Gasteiger partial charge < -0.3 is 15.3 Å². The highest BCUT2D eigenvalue weighted by molar-refractivity contribution is 14.0. The summed E-state index contributed by atoms with van der Waals surface area (Å²) in [7, 11) is 0. The van der Waals surface area contributed by atoms with Gasteiger partial charge in [-0.25, -0.2) is 4.98 Å². The number of guanidine groups is 1. The molecule has 1 aromatic carbocycles. The first-order valence-corrected chi connectivity index (χ1v) is 9.76. The van der Waals surface area contributed by atoms with E-state index in [9.17, 15) is 5.11 Å². The van der Waals surface area contributed by atoms with Crippen LogP contribution in [0.1, 0.15) is 24.6 Å². The lowest BCUT2D eigenvalue weighted by Gasteiger charge is -2.20. The van der Waals surface area contributed by atoms with E-state index >= 15 is 0 Å². The standard InChI is InChI=1S/C19H26N4OS.HI/c1-3-20-19(23-11-9-17(24)12-23)21-10-8-16-13-25-18(22-16)15-6-4-14(2)5-7-15;/h4-7,13,17,24H,3,8-12H2,1-2H3,(H,20,21);1H/t17-;/m1./s1. The predicted molar refractivity (Wildman–Crippen MR) is 120 cm³/mol. The number of aliphatic imine (C=N–C) groups is 1. The molecule has 2 N–H and O–H groups in total. The molecule has 0 saturated carbocycles. The minimum absolute atomic E-state index is 0. The SMILES string of the molecule is CCNC(=NCCc1csc(-c2ccc(C)cc2)n1)N1CC[C@@H](O)C1.I. The van der Waals surface area contributed by atoms with E-state index in [-0.39, 0.29) is 30.1 Å². The van der Waals surface area contributed by atoms with Crippen LogP contribution in [0.15, 0.2) is 34.6 Å². The van der Waals surface area contributed by atoms with E-state index in [1.807, 2.05) is 0 Å². The molecule has 0 radical (unpaired) electrons. The zero-order chi connectivity index (χ0) is 17.6. The van der Waals surface area contributed by atoms with E-state index in [1.165, 1.54) is 11.1 Å². The number of thiazole rings is 1. The van der Waals surface area contributed by atoms with Gasteiger partial charge in [0, 0.05) is 43.5 Å². The number of aliphatic hydroxyl groups is 1. The minimum atomic E-state index is -0.237. The van der Waals surface area contributed by atoms with Crippen molar-refractivity contribution in [1.82, 2.24) is 15.2 Å². The lowest BCUT2D eigenvalue weighted by molar-refractivity contribution is 0.188. The maximum Gasteiger partial charge on any atom is 0.194 e. The molecule has 0 spiro atoms. The summed E-state index contributed by atoms with van der Waals surface area (Å²) in [6, 6.07) is 8.48. The van der Waals surface area contributed by atoms with Gasteiger partial charge in [0.15, 0.2) is 5.96 Å². The third-order valence-electron chi connectivity index (χ3n) is 4.28. The highest BCUT2D eigenvalue weighted by Gasteiger charge is 2.22. The molecule has 1 aromatic heterocycles. The molecule has 0 unspecified atom stereocenters. The van der Waals surface area contributed by atoms with Crippen LogP contribution in [0.25, 0.3) is 10.6 Å². The Labute approximate surface area is 176 Å². The van der Waals surface area contributed by atoms with Crippen molar-refractivity contribution in [1.29, 1.82) is 0 Å². The number of benzene rings is 1. The first kappa shape index (κ1) is 21.1. The van der Waals surface area contributed by atoms with Gasteiger partial charge in [-0.2, -0.15) is 0 Å². The number of aliphatic hydroxyl groups excluding tert-OH is 1.